The molecule has 0 bridgehead atoms. The van der Waals surface area contributed by atoms with Crippen LogP contribution in [0.3, 0.4) is 0 Å². The zero-order valence-electron chi connectivity index (χ0n) is 17.5. The van der Waals surface area contributed by atoms with E-state index in [9.17, 15) is 9.59 Å². The van der Waals surface area contributed by atoms with Crippen molar-refractivity contribution in [1.29, 1.82) is 0 Å². The van der Waals surface area contributed by atoms with Crippen molar-refractivity contribution in [2.75, 3.05) is 32.8 Å². The highest BCUT2D eigenvalue weighted by atomic mass is 16.6. The number of carbonyl (C=O) groups is 2. The molecule has 0 fully saturated rings. The van der Waals surface area contributed by atoms with Crippen LogP contribution in [-0.4, -0.2) is 44.9 Å². The number of carbonyl (C=O) groups excluding carboxylic acids is 2. The van der Waals surface area contributed by atoms with Gasteiger partial charge in [0.25, 0.3) is 0 Å². The van der Waals surface area contributed by atoms with Gasteiger partial charge in [-0.15, -0.1) is 0 Å². The fraction of sp³-hybridized carbons (Fsp3) is 0.636. The van der Waals surface area contributed by atoms with Gasteiger partial charge in [-0.2, -0.15) is 0 Å². The number of amides is 1. The summed E-state index contributed by atoms with van der Waals surface area (Å²) in [5.74, 6) is 0.120. The van der Waals surface area contributed by atoms with E-state index in [1.54, 1.807) is 13.8 Å². The van der Waals surface area contributed by atoms with Crippen LogP contribution in [-0.2, 0) is 20.7 Å². The number of rotatable bonds is 14. The van der Waals surface area contributed by atoms with Gasteiger partial charge in [0.05, 0.1) is 5.92 Å². The summed E-state index contributed by atoms with van der Waals surface area (Å²) in [4.78, 5) is 22.9. The van der Waals surface area contributed by atoms with Gasteiger partial charge in [-0.1, -0.05) is 63.9 Å². The van der Waals surface area contributed by atoms with Crippen molar-refractivity contribution in [2.45, 2.75) is 46.5 Å². The Morgan fingerprint density at radius 2 is 1.75 bits per heavy atom. The lowest BCUT2D eigenvalue weighted by atomic mass is 9.94. The van der Waals surface area contributed by atoms with Crippen molar-refractivity contribution in [3.63, 3.8) is 0 Å². The molecule has 0 aliphatic rings. The monoisotopic (exact) mass is 392 g/mol. The van der Waals surface area contributed by atoms with Crippen molar-refractivity contribution < 1.29 is 19.1 Å². The maximum Gasteiger partial charge on any atom is 0.407 e. The van der Waals surface area contributed by atoms with Crippen molar-refractivity contribution in [3.05, 3.63) is 35.9 Å². The topological polar surface area (TPSA) is 76.7 Å². The lowest BCUT2D eigenvalue weighted by Crippen LogP contribution is -2.35. The molecular weight excluding hydrogens is 356 g/mol. The van der Waals surface area contributed by atoms with Gasteiger partial charge in [-0.05, 0) is 30.9 Å². The van der Waals surface area contributed by atoms with E-state index in [4.69, 9.17) is 9.47 Å². The van der Waals surface area contributed by atoms with E-state index in [-0.39, 0.29) is 25.1 Å². The Labute approximate surface area is 169 Å². The van der Waals surface area contributed by atoms with E-state index in [2.05, 4.69) is 41.8 Å². The molecule has 0 aromatic heterocycles. The first-order chi connectivity index (χ1) is 13.5. The predicted molar refractivity (Wildman–Crippen MR) is 111 cm³/mol. The van der Waals surface area contributed by atoms with E-state index >= 15 is 0 Å². The molecule has 1 atom stereocenters. The van der Waals surface area contributed by atoms with Gasteiger partial charge in [0, 0.05) is 13.1 Å². The first-order valence-electron chi connectivity index (χ1n) is 10.3. The Hall–Kier alpha value is -2.08. The first-order valence-corrected chi connectivity index (χ1v) is 10.3. The van der Waals surface area contributed by atoms with Crippen LogP contribution in [0.1, 0.15) is 45.6 Å². The van der Waals surface area contributed by atoms with E-state index in [1.165, 1.54) is 24.8 Å². The first kappa shape index (κ1) is 24.0. The summed E-state index contributed by atoms with van der Waals surface area (Å²) in [6, 6.07) is 10.6. The molecule has 6 heteroatoms. The molecule has 0 aliphatic carbocycles. The van der Waals surface area contributed by atoms with Gasteiger partial charge in [0.15, 0.2) is 0 Å². The Morgan fingerprint density at radius 1 is 1.04 bits per heavy atom. The zero-order chi connectivity index (χ0) is 20.6. The third-order valence-corrected chi connectivity index (χ3v) is 4.37. The molecule has 1 unspecified atom stereocenters. The van der Waals surface area contributed by atoms with Crippen LogP contribution in [0.5, 0.6) is 0 Å². The summed E-state index contributed by atoms with van der Waals surface area (Å²) < 4.78 is 9.92. The van der Waals surface area contributed by atoms with E-state index in [0.29, 0.717) is 19.0 Å². The van der Waals surface area contributed by atoms with Gasteiger partial charge in [0.2, 0.25) is 0 Å². The molecule has 0 aliphatic heterocycles. The molecule has 0 radical (unpaired) electrons. The van der Waals surface area contributed by atoms with Gasteiger partial charge in [-0.3, -0.25) is 4.79 Å². The van der Waals surface area contributed by atoms with Crippen LogP contribution in [0.2, 0.25) is 0 Å². The Morgan fingerprint density at radius 3 is 2.43 bits per heavy atom. The second-order valence-corrected chi connectivity index (χ2v) is 7.29. The van der Waals surface area contributed by atoms with Crippen molar-refractivity contribution in [1.82, 2.24) is 10.6 Å². The summed E-state index contributed by atoms with van der Waals surface area (Å²) in [7, 11) is 0. The normalized spacial score (nSPS) is 11.9. The van der Waals surface area contributed by atoms with Crippen molar-refractivity contribution >= 4 is 12.1 Å². The molecule has 0 saturated carbocycles. The highest BCUT2D eigenvalue weighted by Gasteiger charge is 2.10. The summed E-state index contributed by atoms with van der Waals surface area (Å²) in [5.41, 5.74) is 1.37. The molecule has 6 nitrogen and oxygen atoms in total. The summed E-state index contributed by atoms with van der Waals surface area (Å²) >= 11 is 0. The lowest BCUT2D eigenvalue weighted by Gasteiger charge is -2.18. The maximum absolute atomic E-state index is 11.6. The average molecular weight is 393 g/mol. The SMILES string of the molecule is CCCCC(CNCCNC(=O)OCCOC(=O)C(C)C)Cc1ccccc1. The smallest absolute Gasteiger partial charge is 0.407 e. The second kappa shape index (κ2) is 14.9. The Balaban J connectivity index is 2.13. The van der Waals surface area contributed by atoms with Crippen molar-refractivity contribution in [2.24, 2.45) is 11.8 Å². The molecule has 1 aromatic carbocycles. The summed E-state index contributed by atoms with van der Waals surface area (Å²) in [6.45, 7) is 7.99. The van der Waals surface area contributed by atoms with Crippen LogP contribution >= 0.6 is 0 Å². The lowest BCUT2D eigenvalue weighted by molar-refractivity contribution is -0.148. The molecule has 28 heavy (non-hydrogen) atoms. The molecule has 1 rings (SSSR count). The number of hydrogen-bond donors (Lipinski definition) is 2. The predicted octanol–water partition coefficient (Wildman–Crippen LogP) is 3.55. The number of nitrogens with one attached hydrogen (secondary N) is 2. The quantitative estimate of drug-likeness (QED) is 0.374. The zero-order valence-corrected chi connectivity index (χ0v) is 17.5. The van der Waals surface area contributed by atoms with Crippen LogP contribution in [0, 0.1) is 11.8 Å². The molecule has 0 saturated heterocycles. The van der Waals surface area contributed by atoms with Crippen LogP contribution < -0.4 is 10.6 Å². The minimum Gasteiger partial charge on any atom is -0.462 e. The minimum atomic E-state index is -0.491. The van der Waals surface area contributed by atoms with Gasteiger partial charge in [0.1, 0.15) is 13.2 Å². The van der Waals surface area contributed by atoms with Crippen LogP contribution in [0.4, 0.5) is 4.79 Å². The molecule has 158 valence electrons. The number of unbranched alkanes of at least 4 members (excludes halogenated alkanes) is 1. The largest absolute Gasteiger partial charge is 0.462 e. The molecule has 0 heterocycles. The van der Waals surface area contributed by atoms with Gasteiger partial charge >= 0.3 is 12.1 Å². The van der Waals surface area contributed by atoms with E-state index in [0.717, 1.165) is 13.0 Å². The van der Waals surface area contributed by atoms with Crippen molar-refractivity contribution in [3.8, 4) is 0 Å². The summed E-state index contributed by atoms with van der Waals surface area (Å²) in [6.07, 6.45) is 4.20. The highest BCUT2D eigenvalue weighted by molar-refractivity contribution is 5.71. The molecule has 0 spiro atoms. The molecule has 1 amide bonds. The average Bonchev–Trinajstić information content (AvgIpc) is 2.69. The second-order valence-electron chi connectivity index (χ2n) is 7.29. The number of hydrogen-bond acceptors (Lipinski definition) is 5. The van der Waals surface area contributed by atoms with Gasteiger partial charge < -0.3 is 20.1 Å². The Bertz CT molecular complexity index is 549. The standard InChI is InChI=1S/C22H36N2O4/c1-4-5-9-20(16-19-10-7-6-8-11-19)17-23-12-13-24-22(26)28-15-14-27-21(25)18(2)3/h6-8,10-11,18,20,23H,4-5,9,12-17H2,1-3H3,(H,24,26). The number of benzene rings is 1. The third kappa shape index (κ3) is 11.6. The summed E-state index contributed by atoms with van der Waals surface area (Å²) in [5, 5.41) is 6.12. The minimum absolute atomic E-state index is 0.0634. The molecule has 2 N–H and O–H groups in total. The third-order valence-electron chi connectivity index (χ3n) is 4.37. The number of alkyl carbamates (subject to hydrolysis) is 1. The fourth-order valence-electron chi connectivity index (χ4n) is 2.77. The number of esters is 1. The Kier molecular flexibility index (Phi) is 12.8. The van der Waals surface area contributed by atoms with E-state index < -0.39 is 6.09 Å². The van der Waals surface area contributed by atoms with Gasteiger partial charge in [-0.25, -0.2) is 4.79 Å². The number of ether oxygens (including phenoxy) is 2. The fourth-order valence-corrected chi connectivity index (χ4v) is 2.77. The molecular formula is C22H36N2O4. The van der Waals surface area contributed by atoms with E-state index in [1.807, 2.05) is 6.07 Å². The maximum atomic E-state index is 11.6. The highest BCUT2D eigenvalue weighted by Crippen LogP contribution is 2.14. The van der Waals surface area contributed by atoms with Crippen LogP contribution in [0.15, 0.2) is 30.3 Å². The molecule has 1 aromatic rings. The van der Waals surface area contributed by atoms with Crippen LogP contribution in [0.25, 0.3) is 0 Å².